The number of benzene rings is 1. The Balaban J connectivity index is 1.39. The lowest BCUT2D eigenvalue weighted by Crippen LogP contribution is -2.46. The van der Waals surface area contributed by atoms with Gasteiger partial charge in [-0.1, -0.05) is 25.5 Å². The first-order chi connectivity index (χ1) is 20.1. The number of pyridine rings is 1. The van der Waals surface area contributed by atoms with Gasteiger partial charge in [0.2, 0.25) is 5.91 Å². The molecule has 220 valence electrons. The summed E-state index contributed by atoms with van der Waals surface area (Å²) in [6.45, 7) is 4.26. The molecule has 9 nitrogen and oxygen atoms in total. The molecule has 4 heterocycles. The van der Waals surface area contributed by atoms with E-state index in [4.69, 9.17) is 10.8 Å². The van der Waals surface area contributed by atoms with Crippen LogP contribution < -0.4 is 5.73 Å². The number of halogens is 3. The molecule has 1 unspecified atom stereocenters. The molecule has 0 radical (unpaired) electrons. The smallest absolute Gasteiger partial charge is 0.433 e. The quantitative estimate of drug-likeness (QED) is 0.438. The van der Waals surface area contributed by atoms with Crippen molar-refractivity contribution in [1.82, 2.24) is 24.6 Å². The molecule has 2 amide bonds. The summed E-state index contributed by atoms with van der Waals surface area (Å²) in [6.07, 6.45) is 2.71. The molecule has 1 saturated carbocycles. The van der Waals surface area contributed by atoms with Crippen LogP contribution in [-0.4, -0.2) is 61.1 Å². The van der Waals surface area contributed by atoms with Crippen LogP contribution in [0.2, 0.25) is 0 Å². The Bertz CT molecular complexity index is 1580. The molecule has 12 heteroatoms. The minimum atomic E-state index is -4.70. The van der Waals surface area contributed by atoms with Gasteiger partial charge in [0.15, 0.2) is 0 Å². The number of carbonyl (C=O) groups is 2. The van der Waals surface area contributed by atoms with Crippen LogP contribution in [0.25, 0.3) is 5.69 Å². The molecule has 42 heavy (non-hydrogen) atoms. The molecule has 2 aliphatic heterocycles. The molecular weight excluding hydrogens is 549 g/mol. The Morgan fingerprint density at radius 3 is 2.55 bits per heavy atom. The summed E-state index contributed by atoms with van der Waals surface area (Å²) in [5.41, 5.74) is 8.17. The highest BCUT2D eigenvalue weighted by molar-refractivity contribution is 5.99. The molecule has 1 aromatic carbocycles. The van der Waals surface area contributed by atoms with Gasteiger partial charge in [0.25, 0.3) is 5.91 Å². The van der Waals surface area contributed by atoms with Gasteiger partial charge in [0, 0.05) is 49.9 Å². The summed E-state index contributed by atoms with van der Waals surface area (Å²) < 4.78 is 41.2. The zero-order valence-electron chi connectivity index (χ0n) is 22.9. The zero-order chi connectivity index (χ0) is 29.8. The molecule has 3 aromatic rings. The minimum absolute atomic E-state index is 0.121. The van der Waals surface area contributed by atoms with Crippen LogP contribution in [0, 0.1) is 0 Å². The molecule has 6 rings (SSSR count). The Kier molecular flexibility index (Phi) is 6.94. The lowest BCUT2D eigenvalue weighted by Gasteiger charge is -2.38. The fraction of sp³-hybridized carbons (Fsp3) is 0.400. The van der Waals surface area contributed by atoms with E-state index in [1.54, 1.807) is 9.58 Å². The third kappa shape index (κ3) is 4.78. The van der Waals surface area contributed by atoms with Crippen molar-refractivity contribution in [2.24, 2.45) is 0 Å². The van der Waals surface area contributed by atoms with Gasteiger partial charge < -0.3 is 20.6 Å². The molecule has 1 aliphatic carbocycles. The van der Waals surface area contributed by atoms with Gasteiger partial charge in [0.1, 0.15) is 17.1 Å². The van der Waals surface area contributed by atoms with Crippen LogP contribution in [-0.2, 0) is 23.8 Å². The van der Waals surface area contributed by atoms with Crippen molar-refractivity contribution in [3.05, 3.63) is 76.9 Å². The van der Waals surface area contributed by atoms with Crippen molar-refractivity contribution in [2.45, 2.75) is 56.7 Å². The molecular formula is C30H31F3N6O3. The minimum Gasteiger partial charge on any atom is -0.506 e. The number of aromatic hydroxyl groups is 1. The highest BCUT2D eigenvalue weighted by Gasteiger charge is 2.41. The van der Waals surface area contributed by atoms with E-state index < -0.39 is 23.8 Å². The maximum Gasteiger partial charge on any atom is 0.433 e. The van der Waals surface area contributed by atoms with Gasteiger partial charge in [-0.25, -0.2) is 4.68 Å². The van der Waals surface area contributed by atoms with E-state index in [1.807, 2.05) is 18.2 Å². The predicted molar refractivity (Wildman–Crippen MR) is 148 cm³/mol. The maximum atomic E-state index is 13.8. The Hall–Kier alpha value is -4.35. The average Bonchev–Trinajstić information content (AvgIpc) is 3.58. The van der Waals surface area contributed by atoms with Gasteiger partial charge in [-0.15, -0.1) is 0 Å². The standard InChI is InChI=1S/C30H31F3N6O3/c1-2-27(41)37-11-9-21-28-23(39(36-21)22-8-7-18(13-25(22)40)17-5-3-4-6-17)10-12-38(24(28)16-37)29(42)19-15-35-26(14-20(19)34)30(31,32)33/h2,7-8,13-15,17,24,40H,1,3-6,9-12,16H2,(H2,34,35). The van der Waals surface area contributed by atoms with Crippen molar-refractivity contribution in [3.8, 4) is 11.4 Å². The molecule has 0 bridgehead atoms. The molecule has 2 aromatic heterocycles. The SMILES string of the molecule is C=CC(=O)N1CCc2nn(-c3ccc(C4CCCC4)cc3O)c3c2C(C1)N(C(=O)c1cnc(C(F)(F)F)cc1N)CC3. The number of nitrogen functional groups attached to an aromatic ring is 1. The summed E-state index contributed by atoms with van der Waals surface area (Å²) in [5.74, 6) is -0.333. The van der Waals surface area contributed by atoms with Crippen LogP contribution in [0.5, 0.6) is 5.75 Å². The van der Waals surface area contributed by atoms with E-state index in [9.17, 15) is 27.9 Å². The fourth-order valence-electron chi connectivity index (χ4n) is 6.56. The van der Waals surface area contributed by atoms with Crippen molar-refractivity contribution < 1.29 is 27.9 Å². The Labute approximate surface area is 240 Å². The van der Waals surface area contributed by atoms with E-state index in [-0.39, 0.29) is 36.0 Å². The van der Waals surface area contributed by atoms with Crippen molar-refractivity contribution in [1.29, 1.82) is 0 Å². The second-order valence-corrected chi connectivity index (χ2v) is 11.1. The van der Waals surface area contributed by atoms with Crippen LogP contribution in [0.3, 0.4) is 0 Å². The molecule has 0 spiro atoms. The van der Waals surface area contributed by atoms with Gasteiger partial charge in [-0.2, -0.15) is 18.3 Å². The van der Waals surface area contributed by atoms with Gasteiger partial charge in [-0.05, 0) is 48.6 Å². The van der Waals surface area contributed by atoms with Gasteiger partial charge in [-0.3, -0.25) is 14.6 Å². The highest BCUT2D eigenvalue weighted by Crippen LogP contribution is 2.41. The number of amides is 2. The monoisotopic (exact) mass is 580 g/mol. The molecule has 1 fully saturated rings. The van der Waals surface area contributed by atoms with Crippen LogP contribution in [0.15, 0.2) is 43.1 Å². The topological polar surface area (TPSA) is 118 Å². The van der Waals surface area contributed by atoms with E-state index in [2.05, 4.69) is 11.6 Å². The van der Waals surface area contributed by atoms with Crippen LogP contribution >= 0.6 is 0 Å². The summed E-state index contributed by atoms with van der Waals surface area (Å²) in [7, 11) is 0. The number of nitrogens with zero attached hydrogens (tertiary/aromatic N) is 5. The lowest BCUT2D eigenvalue weighted by molar-refractivity contribution is -0.141. The normalized spacial score (nSPS) is 19.0. The molecule has 0 saturated heterocycles. The average molecular weight is 581 g/mol. The fourth-order valence-corrected chi connectivity index (χ4v) is 6.56. The first-order valence-electron chi connectivity index (χ1n) is 14.1. The number of anilines is 1. The van der Waals surface area contributed by atoms with Crippen molar-refractivity contribution >= 4 is 17.5 Å². The third-order valence-electron chi connectivity index (χ3n) is 8.67. The molecule has 1 atom stereocenters. The number of aromatic nitrogens is 3. The summed E-state index contributed by atoms with van der Waals surface area (Å²) in [6, 6.07) is 5.74. The number of nitrogens with two attached hydrogens (primary N) is 1. The van der Waals surface area contributed by atoms with Crippen LogP contribution in [0.1, 0.15) is 76.2 Å². The van der Waals surface area contributed by atoms with E-state index in [0.717, 1.165) is 35.9 Å². The predicted octanol–water partition coefficient (Wildman–Crippen LogP) is 4.54. The number of hydrogen-bond donors (Lipinski definition) is 2. The second-order valence-electron chi connectivity index (χ2n) is 11.1. The third-order valence-corrected chi connectivity index (χ3v) is 8.67. The zero-order valence-corrected chi connectivity index (χ0v) is 22.9. The van der Waals surface area contributed by atoms with E-state index in [1.165, 1.54) is 23.8 Å². The number of alkyl halides is 3. The maximum absolute atomic E-state index is 13.8. The van der Waals surface area contributed by atoms with E-state index in [0.29, 0.717) is 42.8 Å². The lowest BCUT2D eigenvalue weighted by atomic mass is 9.94. The number of phenols is 1. The number of rotatable bonds is 4. The van der Waals surface area contributed by atoms with Gasteiger partial charge >= 0.3 is 6.18 Å². The number of carbonyl (C=O) groups excluding carboxylic acids is 2. The molecule has 3 aliphatic rings. The molecule has 3 N–H and O–H groups in total. The summed E-state index contributed by atoms with van der Waals surface area (Å²) in [4.78, 5) is 33.0. The second kappa shape index (κ2) is 10.5. The first kappa shape index (κ1) is 27.8. The van der Waals surface area contributed by atoms with Crippen LogP contribution in [0.4, 0.5) is 18.9 Å². The van der Waals surface area contributed by atoms with Gasteiger partial charge in [0.05, 0.1) is 23.0 Å². The highest BCUT2D eigenvalue weighted by atomic mass is 19.4. The first-order valence-corrected chi connectivity index (χ1v) is 14.1. The Morgan fingerprint density at radius 1 is 1.12 bits per heavy atom. The number of hydrogen-bond acceptors (Lipinski definition) is 6. The van der Waals surface area contributed by atoms with Crippen molar-refractivity contribution in [3.63, 3.8) is 0 Å². The van der Waals surface area contributed by atoms with E-state index >= 15 is 0 Å². The summed E-state index contributed by atoms with van der Waals surface area (Å²) >= 11 is 0. The largest absolute Gasteiger partial charge is 0.506 e. The summed E-state index contributed by atoms with van der Waals surface area (Å²) in [5, 5.41) is 15.9. The van der Waals surface area contributed by atoms with Crippen molar-refractivity contribution in [2.75, 3.05) is 25.4 Å². The Morgan fingerprint density at radius 2 is 1.88 bits per heavy atom. The number of phenolic OH excluding ortho intramolecular Hbond substituents is 1.